The molecule has 0 radical (unpaired) electrons. The maximum atomic E-state index is 11.9. The Bertz CT molecular complexity index is 600. The van der Waals surface area contributed by atoms with Crippen LogP contribution in [0.1, 0.15) is 20.4 Å². The first-order valence-corrected chi connectivity index (χ1v) is 7.16. The highest BCUT2D eigenvalue weighted by Crippen LogP contribution is 2.20. The van der Waals surface area contributed by atoms with Crippen molar-refractivity contribution >= 4 is 40.4 Å². The zero-order valence-corrected chi connectivity index (χ0v) is 12.4. The van der Waals surface area contributed by atoms with Crippen LogP contribution in [0, 0.1) is 6.92 Å². The molecule has 0 saturated carbocycles. The van der Waals surface area contributed by atoms with E-state index in [0.29, 0.717) is 28.6 Å². The van der Waals surface area contributed by atoms with Gasteiger partial charge in [-0.3, -0.25) is 4.79 Å². The number of aryl methyl sites for hydroxylation is 1. The molecule has 0 bridgehead atoms. The number of aromatic nitrogens is 2. The van der Waals surface area contributed by atoms with Crippen LogP contribution in [-0.2, 0) is 6.42 Å². The summed E-state index contributed by atoms with van der Waals surface area (Å²) in [6.45, 7) is 2.39. The number of hydrogen-bond acceptors (Lipinski definition) is 4. The maximum absolute atomic E-state index is 11.9. The smallest absolute Gasteiger partial charge is 0.252 e. The first-order valence-electron chi connectivity index (χ1n) is 5.58. The van der Waals surface area contributed by atoms with Gasteiger partial charge in [-0.15, -0.1) is 21.5 Å². The van der Waals surface area contributed by atoms with Gasteiger partial charge in [0.15, 0.2) is 0 Å². The number of nitrogens with zero attached hydrogens (tertiary/aromatic N) is 2. The Kier molecular flexibility index (Phi) is 4.74. The van der Waals surface area contributed by atoms with Gasteiger partial charge in [0.25, 0.3) is 5.91 Å². The van der Waals surface area contributed by atoms with E-state index in [9.17, 15) is 4.79 Å². The van der Waals surface area contributed by atoms with Crippen LogP contribution in [-0.4, -0.2) is 22.6 Å². The molecule has 100 valence electrons. The van der Waals surface area contributed by atoms with Gasteiger partial charge in [0, 0.05) is 18.0 Å². The lowest BCUT2D eigenvalue weighted by molar-refractivity contribution is 0.0954. The number of carbonyl (C=O) groups excluding carboxylic acids is 1. The van der Waals surface area contributed by atoms with Crippen molar-refractivity contribution in [2.24, 2.45) is 0 Å². The number of rotatable bonds is 4. The van der Waals surface area contributed by atoms with Gasteiger partial charge >= 0.3 is 0 Å². The molecular formula is C12H11Cl2N3OS. The third-order valence-electron chi connectivity index (χ3n) is 2.37. The van der Waals surface area contributed by atoms with Crippen molar-refractivity contribution in [3.8, 4) is 0 Å². The third-order valence-corrected chi connectivity index (χ3v) is 3.81. The molecule has 0 atom stereocenters. The van der Waals surface area contributed by atoms with Gasteiger partial charge in [0.1, 0.15) is 10.0 Å². The fourth-order valence-corrected chi connectivity index (χ4v) is 2.69. The predicted molar refractivity (Wildman–Crippen MR) is 77.1 cm³/mol. The molecule has 4 nitrogen and oxygen atoms in total. The average molecular weight is 316 g/mol. The van der Waals surface area contributed by atoms with Crippen LogP contribution in [0.25, 0.3) is 0 Å². The van der Waals surface area contributed by atoms with Gasteiger partial charge in [0.05, 0.1) is 10.6 Å². The van der Waals surface area contributed by atoms with Gasteiger partial charge < -0.3 is 5.32 Å². The average Bonchev–Trinajstić information content (AvgIpc) is 2.75. The van der Waals surface area contributed by atoms with Crippen molar-refractivity contribution in [2.45, 2.75) is 13.3 Å². The monoisotopic (exact) mass is 315 g/mol. The van der Waals surface area contributed by atoms with E-state index in [0.717, 1.165) is 10.0 Å². The molecule has 1 aromatic carbocycles. The first-order chi connectivity index (χ1) is 9.06. The lowest BCUT2D eigenvalue weighted by Gasteiger charge is -2.05. The highest BCUT2D eigenvalue weighted by molar-refractivity contribution is 7.11. The molecular weight excluding hydrogens is 305 g/mol. The van der Waals surface area contributed by atoms with Crippen molar-refractivity contribution < 1.29 is 4.79 Å². The molecule has 0 aliphatic rings. The number of nitrogens with one attached hydrogen (secondary N) is 1. The van der Waals surface area contributed by atoms with E-state index in [1.54, 1.807) is 18.2 Å². The van der Waals surface area contributed by atoms with E-state index < -0.39 is 0 Å². The van der Waals surface area contributed by atoms with E-state index in [4.69, 9.17) is 23.2 Å². The fourth-order valence-electron chi connectivity index (χ4n) is 1.49. The molecule has 0 unspecified atom stereocenters. The van der Waals surface area contributed by atoms with Crippen molar-refractivity contribution in [3.63, 3.8) is 0 Å². The van der Waals surface area contributed by atoms with Crippen molar-refractivity contribution in [1.29, 1.82) is 0 Å². The van der Waals surface area contributed by atoms with Crippen LogP contribution in [0.5, 0.6) is 0 Å². The summed E-state index contributed by atoms with van der Waals surface area (Å²) in [6.07, 6.45) is 0.655. The summed E-state index contributed by atoms with van der Waals surface area (Å²) >= 11 is 13.3. The summed E-state index contributed by atoms with van der Waals surface area (Å²) < 4.78 is 0. The summed E-state index contributed by atoms with van der Waals surface area (Å²) in [5.41, 5.74) is 0.416. The van der Waals surface area contributed by atoms with Gasteiger partial charge in [-0.1, -0.05) is 23.2 Å². The van der Waals surface area contributed by atoms with Crippen LogP contribution in [0.15, 0.2) is 18.2 Å². The SMILES string of the molecule is Cc1nnc(CCNC(=O)c2ccc(Cl)cc2Cl)s1. The van der Waals surface area contributed by atoms with Crippen molar-refractivity contribution in [3.05, 3.63) is 43.8 Å². The second kappa shape index (κ2) is 6.32. The normalized spacial score (nSPS) is 10.5. The zero-order chi connectivity index (χ0) is 13.8. The van der Waals surface area contributed by atoms with Gasteiger partial charge in [-0.25, -0.2) is 0 Å². The van der Waals surface area contributed by atoms with Crippen molar-refractivity contribution in [1.82, 2.24) is 15.5 Å². The molecule has 19 heavy (non-hydrogen) atoms. The highest BCUT2D eigenvalue weighted by atomic mass is 35.5. The third kappa shape index (κ3) is 3.89. The summed E-state index contributed by atoms with van der Waals surface area (Å²) in [5, 5.41) is 13.4. The van der Waals surface area contributed by atoms with E-state index in [-0.39, 0.29) is 5.91 Å². The molecule has 1 aromatic heterocycles. The highest BCUT2D eigenvalue weighted by Gasteiger charge is 2.10. The Morgan fingerprint density at radius 3 is 2.79 bits per heavy atom. The lowest BCUT2D eigenvalue weighted by Crippen LogP contribution is -2.25. The summed E-state index contributed by atoms with van der Waals surface area (Å²) in [4.78, 5) is 11.9. The second-order valence-corrected chi connectivity index (χ2v) is 5.95. The molecule has 2 aromatic rings. The summed E-state index contributed by atoms with van der Waals surface area (Å²) in [7, 11) is 0. The number of carbonyl (C=O) groups is 1. The molecule has 1 N–H and O–H groups in total. The van der Waals surface area contributed by atoms with Crippen LogP contribution < -0.4 is 5.32 Å². The fraction of sp³-hybridized carbons (Fsp3) is 0.250. The Morgan fingerprint density at radius 2 is 2.16 bits per heavy atom. The number of halogens is 2. The molecule has 1 amide bonds. The minimum Gasteiger partial charge on any atom is -0.352 e. The molecule has 7 heteroatoms. The molecule has 2 rings (SSSR count). The Labute approximate surface area is 124 Å². The standard InChI is InChI=1S/C12H11Cl2N3OS/c1-7-16-17-11(19-7)4-5-15-12(18)9-3-2-8(13)6-10(9)14/h2-3,6H,4-5H2,1H3,(H,15,18). The van der Waals surface area contributed by atoms with E-state index >= 15 is 0 Å². The first kappa shape index (κ1) is 14.2. The molecule has 0 aliphatic heterocycles. The van der Waals surface area contributed by atoms with Crippen LogP contribution in [0.3, 0.4) is 0 Å². The predicted octanol–water partition coefficient (Wildman–Crippen LogP) is 3.13. The molecule has 0 aliphatic carbocycles. The van der Waals surface area contributed by atoms with Gasteiger partial charge in [-0.05, 0) is 25.1 Å². The topological polar surface area (TPSA) is 54.9 Å². The molecule has 1 heterocycles. The van der Waals surface area contributed by atoms with Crippen LogP contribution >= 0.6 is 34.5 Å². The molecule has 0 fully saturated rings. The van der Waals surface area contributed by atoms with E-state index in [1.165, 1.54) is 11.3 Å². The Balaban J connectivity index is 1.90. The minimum atomic E-state index is -0.220. The number of hydrogen-bond donors (Lipinski definition) is 1. The Morgan fingerprint density at radius 1 is 1.37 bits per heavy atom. The van der Waals surface area contributed by atoms with E-state index in [2.05, 4.69) is 15.5 Å². The van der Waals surface area contributed by atoms with Gasteiger partial charge in [0.2, 0.25) is 0 Å². The molecule has 0 spiro atoms. The number of benzene rings is 1. The quantitative estimate of drug-likeness (QED) is 0.943. The second-order valence-electron chi connectivity index (χ2n) is 3.84. The summed E-state index contributed by atoms with van der Waals surface area (Å²) in [6, 6.07) is 4.79. The number of amides is 1. The van der Waals surface area contributed by atoms with E-state index in [1.807, 2.05) is 6.92 Å². The van der Waals surface area contributed by atoms with Gasteiger partial charge in [-0.2, -0.15) is 0 Å². The van der Waals surface area contributed by atoms with Crippen LogP contribution in [0.2, 0.25) is 10.0 Å². The van der Waals surface area contributed by atoms with Crippen LogP contribution in [0.4, 0.5) is 0 Å². The zero-order valence-electron chi connectivity index (χ0n) is 10.1. The molecule has 0 saturated heterocycles. The maximum Gasteiger partial charge on any atom is 0.252 e. The minimum absolute atomic E-state index is 0.220. The largest absolute Gasteiger partial charge is 0.352 e. The summed E-state index contributed by atoms with van der Waals surface area (Å²) in [5.74, 6) is -0.220. The lowest BCUT2D eigenvalue weighted by atomic mass is 10.2. The van der Waals surface area contributed by atoms with Crippen molar-refractivity contribution in [2.75, 3.05) is 6.54 Å². The Hall–Kier alpha value is -1.17.